The number of carboxylic acids is 1. The molecule has 1 aromatic carbocycles. The van der Waals surface area contributed by atoms with E-state index in [4.69, 9.17) is 22.1 Å². The van der Waals surface area contributed by atoms with Crippen LogP contribution in [0.5, 0.6) is 5.75 Å². The van der Waals surface area contributed by atoms with Crippen LogP contribution in [0.1, 0.15) is 18.4 Å². The zero-order valence-corrected chi connectivity index (χ0v) is 16.9. The maximum Gasteiger partial charge on any atom is 0.306 e. The minimum Gasteiger partial charge on any atom is -0.496 e. The number of thioether (sulfide) groups is 1. The Morgan fingerprint density at radius 2 is 2.00 bits per heavy atom. The molecule has 2 fully saturated rings. The molecule has 3 rings (SSSR count). The van der Waals surface area contributed by atoms with Gasteiger partial charge in [-0.25, -0.2) is 0 Å². The normalized spacial score (nSPS) is 19.4. The molecule has 2 saturated heterocycles. The van der Waals surface area contributed by atoms with Crippen LogP contribution in [0.15, 0.2) is 29.2 Å². The summed E-state index contributed by atoms with van der Waals surface area (Å²) in [7, 11) is 1.56. The van der Waals surface area contributed by atoms with E-state index in [9.17, 15) is 14.4 Å². The molecular weight excluding hydrogens is 400 g/mol. The van der Waals surface area contributed by atoms with Gasteiger partial charge >= 0.3 is 5.97 Å². The number of hydrogen-bond donors (Lipinski definition) is 1. The van der Waals surface area contributed by atoms with Gasteiger partial charge < -0.3 is 14.7 Å². The highest BCUT2D eigenvalue weighted by Gasteiger charge is 2.35. The highest BCUT2D eigenvalue weighted by molar-refractivity contribution is 8.26. The van der Waals surface area contributed by atoms with E-state index in [0.717, 1.165) is 17.3 Å². The van der Waals surface area contributed by atoms with Gasteiger partial charge in [0.15, 0.2) is 0 Å². The number of ether oxygens (including phenoxy) is 1. The number of rotatable bonds is 5. The van der Waals surface area contributed by atoms with E-state index >= 15 is 0 Å². The number of para-hydroxylation sites is 1. The molecule has 2 aliphatic heterocycles. The molecule has 0 bridgehead atoms. The van der Waals surface area contributed by atoms with Gasteiger partial charge in [-0.2, -0.15) is 0 Å². The summed E-state index contributed by atoms with van der Waals surface area (Å²) < 4.78 is 5.63. The number of likely N-dealkylation sites (tertiary alicyclic amines) is 1. The molecule has 7 nitrogen and oxygen atoms in total. The number of amides is 2. The lowest BCUT2D eigenvalue weighted by Gasteiger charge is -2.31. The zero-order valence-electron chi connectivity index (χ0n) is 15.3. The van der Waals surface area contributed by atoms with Crippen LogP contribution in [0.3, 0.4) is 0 Å². The molecule has 0 atom stereocenters. The SMILES string of the molecule is COc1ccccc1C=C1SC(=S)N(CC(=O)N2CCC(C(=O)O)CC2)C1=O. The summed E-state index contributed by atoms with van der Waals surface area (Å²) in [5, 5.41) is 9.06. The van der Waals surface area contributed by atoms with Crippen molar-refractivity contribution >= 4 is 52.2 Å². The van der Waals surface area contributed by atoms with Gasteiger partial charge in [0.25, 0.3) is 5.91 Å². The van der Waals surface area contributed by atoms with E-state index in [-0.39, 0.29) is 18.4 Å². The van der Waals surface area contributed by atoms with Gasteiger partial charge in [-0.15, -0.1) is 0 Å². The maximum atomic E-state index is 12.7. The fourth-order valence-corrected chi connectivity index (χ4v) is 4.42. The number of benzene rings is 1. The molecule has 28 heavy (non-hydrogen) atoms. The number of carboxylic acid groups (broad SMARTS) is 1. The second kappa shape index (κ2) is 8.74. The number of carbonyl (C=O) groups excluding carboxylic acids is 2. The monoisotopic (exact) mass is 420 g/mol. The minimum absolute atomic E-state index is 0.133. The lowest BCUT2D eigenvalue weighted by atomic mass is 9.97. The third kappa shape index (κ3) is 4.36. The first-order valence-electron chi connectivity index (χ1n) is 8.79. The summed E-state index contributed by atoms with van der Waals surface area (Å²) in [6.07, 6.45) is 2.56. The van der Waals surface area contributed by atoms with Crippen molar-refractivity contribution in [1.29, 1.82) is 0 Å². The fourth-order valence-electron chi connectivity index (χ4n) is 3.17. The van der Waals surface area contributed by atoms with Gasteiger partial charge in [-0.1, -0.05) is 42.2 Å². The topological polar surface area (TPSA) is 87.2 Å². The van der Waals surface area contributed by atoms with Crippen LogP contribution in [-0.2, 0) is 14.4 Å². The summed E-state index contributed by atoms with van der Waals surface area (Å²) in [4.78, 5) is 39.7. The zero-order chi connectivity index (χ0) is 20.3. The Morgan fingerprint density at radius 1 is 1.32 bits per heavy atom. The number of aliphatic carboxylic acids is 1. The van der Waals surface area contributed by atoms with Crippen molar-refractivity contribution in [3.05, 3.63) is 34.7 Å². The van der Waals surface area contributed by atoms with E-state index in [1.165, 1.54) is 4.90 Å². The highest BCUT2D eigenvalue weighted by Crippen LogP contribution is 2.34. The quantitative estimate of drug-likeness (QED) is 0.577. The van der Waals surface area contributed by atoms with Crippen molar-refractivity contribution in [1.82, 2.24) is 9.80 Å². The van der Waals surface area contributed by atoms with Crippen molar-refractivity contribution in [3.8, 4) is 5.75 Å². The second-order valence-corrected chi connectivity index (χ2v) is 8.18. The molecular formula is C19H20N2O5S2. The van der Waals surface area contributed by atoms with Crippen LogP contribution in [0.4, 0.5) is 0 Å². The van der Waals surface area contributed by atoms with E-state index < -0.39 is 11.9 Å². The van der Waals surface area contributed by atoms with Gasteiger partial charge in [0.1, 0.15) is 16.6 Å². The standard InChI is InChI=1S/C19H20N2O5S2/c1-26-14-5-3-2-4-13(14)10-15-17(23)21(19(27)28-15)11-16(22)20-8-6-12(7-9-20)18(24)25/h2-5,10,12H,6-9,11H2,1H3,(H,24,25). The van der Waals surface area contributed by atoms with Crippen LogP contribution < -0.4 is 4.74 Å². The van der Waals surface area contributed by atoms with Gasteiger partial charge in [-0.3, -0.25) is 19.3 Å². The van der Waals surface area contributed by atoms with E-state index in [0.29, 0.717) is 40.9 Å². The Balaban J connectivity index is 1.66. The van der Waals surface area contributed by atoms with Crippen molar-refractivity contribution in [2.24, 2.45) is 5.92 Å². The molecule has 0 unspecified atom stereocenters. The maximum absolute atomic E-state index is 12.7. The molecule has 0 saturated carbocycles. The average Bonchev–Trinajstić information content (AvgIpc) is 2.95. The molecule has 2 amide bonds. The predicted octanol–water partition coefficient (Wildman–Crippen LogP) is 2.22. The van der Waals surface area contributed by atoms with Crippen molar-refractivity contribution in [2.45, 2.75) is 12.8 Å². The molecule has 1 aromatic rings. The Bertz CT molecular complexity index is 846. The first-order valence-corrected chi connectivity index (χ1v) is 10.0. The second-order valence-electron chi connectivity index (χ2n) is 6.50. The number of thiocarbonyl (C=S) groups is 1. The van der Waals surface area contributed by atoms with Gasteiger partial charge in [-0.05, 0) is 25.0 Å². The predicted molar refractivity (Wildman–Crippen MR) is 110 cm³/mol. The van der Waals surface area contributed by atoms with E-state index in [1.807, 2.05) is 18.2 Å². The molecule has 0 aromatic heterocycles. The number of nitrogens with zero attached hydrogens (tertiary/aromatic N) is 2. The summed E-state index contributed by atoms with van der Waals surface area (Å²) in [5.74, 6) is -1.13. The van der Waals surface area contributed by atoms with E-state index in [2.05, 4.69) is 0 Å². The molecule has 0 radical (unpaired) electrons. The molecule has 0 spiro atoms. The number of piperidine rings is 1. The third-order valence-electron chi connectivity index (χ3n) is 4.79. The molecule has 1 N–H and O–H groups in total. The van der Waals surface area contributed by atoms with Crippen molar-refractivity contribution in [3.63, 3.8) is 0 Å². The van der Waals surface area contributed by atoms with Crippen LogP contribution in [-0.4, -0.2) is 63.8 Å². The number of methoxy groups -OCH3 is 1. The third-order valence-corrected chi connectivity index (χ3v) is 6.17. The number of carbonyl (C=O) groups is 3. The highest BCUT2D eigenvalue weighted by atomic mass is 32.2. The number of hydrogen-bond acceptors (Lipinski definition) is 6. The average molecular weight is 421 g/mol. The molecule has 2 heterocycles. The summed E-state index contributed by atoms with van der Waals surface area (Å²) in [6.45, 7) is 0.620. The van der Waals surface area contributed by atoms with Crippen LogP contribution in [0.2, 0.25) is 0 Å². The smallest absolute Gasteiger partial charge is 0.306 e. The van der Waals surface area contributed by atoms with Crippen LogP contribution >= 0.6 is 24.0 Å². The molecule has 9 heteroatoms. The van der Waals surface area contributed by atoms with Crippen LogP contribution in [0, 0.1) is 5.92 Å². The Labute approximate surface area is 172 Å². The lowest BCUT2D eigenvalue weighted by Crippen LogP contribution is -2.46. The summed E-state index contributed by atoms with van der Waals surface area (Å²) >= 11 is 6.45. The largest absolute Gasteiger partial charge is 0.496 e. The first kappa shape index (κ1) is 20.3. The molecule has 2 aliphatic rings. The summed E-state index contributed by atoms with van der Waals surface area (Å²) in [5.41, 5.74) is 0.757. The van der Waals surface area contributed by atoms with Crippen molar-refractivity contribution in [2.75, 3.05) is 26.7 Å². The van der Waals surface area contributed by atoms with Crippen molar-refractivity contribution < 1.29 is 24.2 Å². The van der Waals surface area contributed by atoms with E-state index in [1.54, 1.807) is 24.2 Å². The minimum atomic E-state index is -0.828. The van der Waals surface area contributed by atoms with Crippen LogP contribution in [0.25, 0.3) is 6.08 Å². The molecule has 0 aliphatic carbocycles. The fraction of sp³-hybridized carbons (Fsp3) is 0.368. The lowest BCUT2D eigenvalue weighted by molar-refractivity contribution is -0.146. The summed E-state index contributed by atoms with van der Waals surface area (Å²) in [6, 6.07) is 7.33. The Hall–Kier alpha value is -2.39. The Kier molecular flexibility index (Phi) is 6.35. The molecule has 148 valence electrons. The first-order chi connectivity index (χ1) is 13.4. The van der Waals surface area contributed by atoms with Gasteiger partial charge in [0.2, 0.25) is 5.91 Å². The Morgan fingerprint density at radius 3 is 2.64 bits per heavy atom. The van der Waals surface area contributed by atoms with Gasteiger partial charge in [0.05, 0.1) is 17.9 Å². The van der Waals surface area contributed by atoms with Gasteiger partial charge in [0, 0.05) is 18.7 Å².